The van der Waals surface area contributed by atoms with Gasteiger partial charge in [-0.1, -0.05) is 20.3 Å². The Morgan fingerprint density at radius 3 is 2.88 bits per heavy atom. The molecule has 0 heterocycles. The minimum absolute atomic E-state index is 0.0298. The maximum atomic E-state index is 11.8. The molecule has 0 aromatic heterocycles. The van der Waals surface area contributed by atoms with E-state index in [-0.39, 0.29) is 11.9 Å². The van der Waals surface area contributed by atoms with Gasteiger partial charge in [-0.15, -0.1) is 0 Å². The van der Waals surface area contributed by atoms with Gasteiger partial charge < -0.3 is 11.1 Å². The Morgan fingerprint density at radius 2 is 2.24 bits per heavy atom. The van der Waals surface area contributed by atoms with Crippen molar-refractivity contribution in [3.63, 3.8) is 0 Å². The zero-order valence-electron chi connectivity index (χ0n) is 11.1. The number of nitrogens with two attached hydrogens (primary N) is 1. The molecule has 0 aromatic rings. The van der Waals surface area contributed by atoms with Crippen LogP contribution in [0.1, 0.15) is 52.4 Å². The zero-order chi connectivity index (χ0) is 12.7. The van der Waals surface area contributed by atoms with Crippen LogP contribution in [0.15, 0.2) is 0 Å². The zero-order valence-corrected chi connectivity index (χ0v) is 11.9. The second-order valence-corrected chi connectivity index (χ2v) is 6.49. The molecule has 1 amide bonds. The summed E-state index contributed by atoms with van der Waals surface area (Å²) in [6, 6.07) is 0.419. The van der Waals surface area contributed by atoms with Crippen molar-refractivity contribution in [2.45, 2.75) is 69.7 Å². The smallest absolute Gasteiger partial charge is 0.221 e. The molecule has 1 saturated carbocycles. The molecule has 3 N–H and O–H groups in total. The van der Waals surface area contributed by atoms with Crippen LogP contribution in [0.25, 0.3) is 0 Å². The molecule has 0 aliphatic heterocycles. The lowest BCUT2D eigenvalue weighted by atomic mass is 10.1. The summed E-state index contributed by atoms with van der Waals surface area (Å²) in [6.45, 7) is 4.29. The van der Waals surface area contributed by atoms with Gasteiger partial charge in [0.25, 0.3) is 0 Å². The minimum Gasteiger partial charge on any atom is -0.353 e. The molecule has 100 valence electrons. The second kappa shape index (κ2) is 7.98. The van der Waals surface area contributed by atoms with Crippen molar-refractivity contribution in [2.24, 2.45) is 5.73 Å². The highest BCUT2D eigenvalue weighted by Crippen LogP contribution is 2.29. The lowest BCUT2D eigenvalue weighted by Gasteiger charge is -2.15. The second-order valence-electron chi connectivity index (χ2n) is 4.91. The van der Waals surface area contributed by atoms with Gasteiger partial charge >= 0.3 is 0 Å². The molecule has 17 heavy (non-hydrogen) atoms. The van der Waals surface area contributed by atoms with Crippen molar-refractivity contribution >= 4 is 17.7 Å². The summed E-state index contributed by atoms with van der Waals surface area (Å²) in [4.78, 5) is 11.8. The van der Waals surface area contributed by atoms with Gasteiger partial charge in [0.15, 0.2) is 0 Å². The molecule has 0 spiro atoms. The summed E-state index contributed by atoms with van der Waals surface area (Å²) in [5.74, 6) is 1.31. The van der Waals surface area contributed by atoms with Gasteiger partial charge in [-0.3, -0.25) is 4.79 Å². The van der Waals surface area contributed by atoms with Crippen molar-refractivity contribution < 1.29 is 4.79 Å². The predicted octanol–water partition coefficient (Wildman–Crippen LogP) is 2.29. The van der Waals surface area contributed by atoms with Crippen LogP contribution in [0.2, 0.25) is 0 Å². The van der Waals surface area contributed by atoms with Gasteiger partial charge in [-0.05, 0) is 31.4 Å². The Morgan fingerprint density at radius 1 is 1.47 bits per heavy atom. The van der Waals surface area contributed by atoms with Gasteiger partial charge in [0.05, 0.1) is 0 Å². The Labute approximate surface area is 109 Å². The Balaban J connectivity index is 2.19. The van der Waals surface area contributed by atoms with Crippen LogP contribution in [0.4, 0.5) is 0 Å². The summed E-state index contributed by atoms with van der Waals surface area (Å²) in [5.41, 5.74) is 5.87. The lowest BCUT2D eigenvalue weighted by molar-refractivity contribution is -0.122. The van der Waals surface area contributed by atoms with Crippen LogP contribution in [0.3, 0.4) is 0 Å². The van der Waals surface area contributed by atoms with Crippen LogP contribution in [0.5, 0.6) is 0 Å². The number of thioether (sulfide) groups is 1. The summed E-state index contributed by atoms with van der Waals surface area (Å²) in [7, 11) is 0. The van der Waals surface area contributed by atoms with Crippen LogP contribution in [-0.2, 0) is 4.79 Å². The van der Waals surface area contributed by atoms with E-state index in [9.17, 15) is 4.79 Å². The number of carbonyl (C=O) groups excluding carboxylic acids is 1. The fraction of sp³-hybridized carbons (Fsp3) is 0.923. The van der Waals surface area contributed by atoms with E-state index in [0.717, 1.165) is 30.9 Å². The Kier molecular flexibility index (Phi) is 6.97. The molecule has 0 aromatic carbocycles. The molecule has 1 aliphatic carbocycles. The van der Waals surface area contributed by atoms with Crippen molar-refractivity contribution in [3.05, 3.63) is 0 Å². The van der Waals surface area contributed by atoms with Crippen molar-refractivity contribution in [1.29, 1.82) is 0 Å². The number of hydrogen-bond donors (Lipinski definition) is 2. The summed E-state index contributed by atoms with van der Waals surface area (Å²) >= 11 is 2.02. The number of hydrogen-bond acceptors (Lipinski definition) is 3. The molecule has 3 unspecified atom stereocenters. The Bertz CT molecular complexity index is 235. The largest absolute Gasteiger partial charge is 0.353 e. The molecule has 3 nitrogen and oxygen atoms in total. The molecule has 1 aliphatic rings. The van der Waals surface area contributed by atoms with Gasteiger partial charge in [-0.2, -0.15) is 11.8 Å². The lowest BCUT2D eigenvalue weighted by Crippen LogP contribution is -2.37. The molecule has 4 heteroatoms. The van der Waals surface area contributed by atoms with Gasteiger partial charge in [0.1, 0.15) is 0 Å². The molecule has 0 saturated heterocycles. The standard InChI is InChI=1S/C13H26N2OS/c1-3-5-10(14)8-13(16)15-11-6-7-12(9-11)17-4-2/h10-12H,3-9,14H2,1-2H3,(H,15,16). The monoisotopic (exact) mass is 258 g/mol. The van der Waals surface area contributed by atoms with Crippen molar-refractivity contribution in [1.82, 2.24) is 5.32 Å². The van der Waals surface area contributed by atoms with Crippen LogP contribution < -0.4 is 11.1 Å². The minimum atomic E-state index is 0.0298. The molecule has 3 atom stereocenters. The molecular weight excluding hydrogens is 232 g/mol. The third-order valence-corrected chi connectivity index (χ3v) is 4.49. The van der Waals surface area contributed by atoms with Gasteiger partial charge in [0, 0.05) is 23.8 Å². The molecule has 1 fully saturated rings. The number of amides is 1. The van der Waals surface area contributed by atoms with Crippen LogP contribution in [-0.4, -0.2) is 29.0 Å². The molecule has 0 bridgehead atoms. The van der Waals surface area contributed by atoms with E-state index < -0.39 is 0 Å². The average Bonchev–Trinajstić information content (AvgIpc) is 2.66. The normalized spacial score (nSPS) is 25.8. The topological polar surface area (TPSA) is 55.1 Å². The van der Waals surface area contributed by atoms with Crippen LogP contribution >= 0.6 is 11.8 Å². The van der Waals surface area contributed by atoms with E-state index in [4.69, 9.17) is 5.73 Å². The highest BCUT2D eigenvalue weighted by molar-refractivity contribution is 7.99. The Hall–Kier alpha value is -0.220. The first-order valence-electron chi connectivity index (χ1n) is 6.82. The summed E-state index contributed by atoms with van der Waals surface area (Å²) in [6.07, 6.45) is 5.97. The third-order valence-electron chi connectivity index (χ3n) is 3.26. The fourth-order valence-corrected chi connectivity index (χ4v) is 3.60. The SMILES string of the molecule is CCCC(N)CC(=O)NC1CCC(SCC)C1. The van der Waals surface area contributed by atoms with E-state index in [1.54, 1.807) is 0 Å². The number of carbonyl (C=O) groups is 1. The fourth-order valence-electron chi connectivity index (χ4n) is 2.46. The van der Waals surface area contributed by atoms with E-state index in [0.29, 0.717) is 12.5 Å². The quantitative estimate of drug-likeness (QED) is 0.736. The van der Waals surface area contributed by atoms with Crippen LogP contribution in [0, 0.1) is 0 Å². The van der Waals surface area contributed by atoms with E-state index in [1.165, 1.54) is 12.2 Å². The first-order valence-corrected chi connectivity index (χ1v) is 7.87. The average molecular weight is 258 g/mol. The van der Waals surface area contributed by atoms with E-state index in [2.05, 4.69) is 19.2 Å². The molecule has 1 rings (SSSR count). The van der Waals surface area contributed by atoms with Gasteiger partial charge in [0.2, 0.25) is 5.91 Å². The maximum Gasteiger partial charge on any atom is 0.221 e. The first-order chi connectivity index (χ1) is 8.15. The molecular formula is C13H26N2OS. The molecule has 0 radical (unpaired) electrons. The van der Waals surface area contributed by atoms with E-state index in [1.807, 2.05) is 11.8 Å². The third kappa shape index (κ3) is 5.77. The predicted molar refractivity (Wildman–Crippen MR) is 75.2 cm³/mol. The first kappa shape index (κ1) is 14.8. The highest BCUT2D eigenvalue weighted by atomic mass is 32.2. The number of rotatable bonds is 7. The summed E-state index contributed by atoms with van der Waals surface area (Å²) in [5, 5.41) is 3.87. The van der Waals surface area contributed by atoms with Crippen molar-refractivity contribution in [2.75, 3.05) is 5.75 Å². The highest BCUT2D eigenvalue weighted by Gasteiger charge is 2.25. The number of nitrogens with one attached hydrogen (secondary N) is 1. The maximum absolute atomic E-state index is 11.8. The van der Waals surface area contributed by atoms with Crippen molar-refractivity contribution in [3.8, 4) is 0 Å². The van der Waals surface area contributed by atoms with E-state index >= 15 is 0 Å². The van der Waals surface area contributed by atoms with Gasteiger partial charge in [-0.25, -0.2) is 0 Å². The summed E-state index contributed by atoms with van der Waals surface area (Å²) < 4.78 is 0.